The number of carbonyl (C=O) groups is 1. The van der Waals surface area contributed by atoms with Gasteiger partial charge < -0.3 is 9.64 Å². The molecule has 140 valence electrons. The Balaban J connectivity index is 1.75. The smallest absolute Gasteiger partial charge is 0.271 e. The van der Waals surface area contributed by atoms with Crippen LogP contribution in [0.15, 0.2) is 42.5 Å². The first-order valence-electron chi connectivity index (χ1n) is 8.94. The fraction of sp³-hybridized carbons (Fsp3) is 0.350. The molecular formula is C20H19FN2O4. The van der Waals surface area contributed by atoms with Gasteiger partial charge in [-0.2, -0.15) is 0 Å². The summed E-state index contributed by atoms with van der Waals surface area (Å²) in [7, 11) is 0. The maximum absolute atomic E-state index is 13.7. The molecule has 0 unspecified atom stereocenters. The Hall–Kier alpha value is -2.80. The number of carbonyl (C=O) groups excluding carboxylic acids is 1. The minimum absolute atomic E-state index is 0.0312. The van der Waals surface area contributed by atoms with Crippen molar-refractivity contribution in [3.63, 3.8) is 0 Å². The topological polar surface area (TPSA) is 72.7 Å². The van der Waals surface area contributed by atoms with Gasteiger partial charge in [0.2, 0.25) is 5.91 Å². The first-order valence-corrected chi connectivity index (χ1v) is 8.94. The fourth-order valence-electron chi connectivity index (χ4n) is 4.07. The van der Waals surface area contributed by atoms with Crippen molar-refractivity contribution in [2.75, 3.05) is 24.7 Å². The summed E-state index contributed by atoms with van der Waals surface area (Å²) in [5.74, 6) is -0.452. The molecule has 1 amide bonds. The summed E-state index contributed by atoms with van der Waals surface area (Å²) < 4.78 is 18.9. The maximum atomic E-state index is 13.7. The average Bonchev–Trinajstić information content (AvgIpc) is 3.11. The summed E-state index contributed by atoms with van der Waals surface area (Å²) in [5, 5.41) is 11.1. The highest BCUT2D eigenvalue weighted by molar-refractivity contribution is 6.03. The van der Waals surface area contributed by atoms with Gasteiger partial charge in [0.15, 0.2) is 0 Å². The summed E-state index contributed by atoms with van der Waals surface area (Å²) in [6.07, 6.45) is 1.66. The molecule has 6 nitrogen and oxygen atoms in total. The molecule has 0 bridgehead atoms. The van der Waals surface area contributed by atoms with E-state index in [1.807, 2.05) is 0 Å². The van der Waals surface area contributed by atoms with E-state index in [1.165, 1.54) is 24.3 Å². The number of nitro benzene ring substituents is 1. The first-order chi connectivity index (χ1) is 13.0. The van der Waals surface area contributed by atoms with Crippen LogP contribution in [0.2, 0.25) is 0 Å². The Kier molecular flexibility index (Phi) is 4.39. The van der Waals surface area contributed by atoms with Crippen molar-refractivity contribution < 1.29 is 18.8 Å². The maximum Gasteiger partial charge on any atom is 0.271 e. The Morgan fingerprint density at radius 2 is 1.85 bits per heavy atom. The number of halogens is 1. The number of rotatable bonds is 3. The number of non-ortho nitro benzene ring substituents is 1. The van der Waals surface area contributed by atoms with Gasteiger partial charge in [0.05, 0.1) is 16.0 Å². The first kappa shape index (κ1) is 17.6. The summed E-state index contributed by atoms with van der Waals surface area (Å²) in [6, 6.07) is 10.7. The van der Waals surface area contributed by atoms with E-state index >= 15 is 0 Å². The van der Waals surface area contributed by atoms with Gasteiger partial charge in [-0.3, -0.25) is 14.9 Å². The molecule has 0 spiro atoms. The number of fused-ring (bicyclic) bond motifs is 1. The van der Waals surface area contributed by atoms with Gasteiger partial charge in [-0.15, -0.1) is 0 Å². The van der Waals surface area contributed by atoms with Gasteiger partial charge in [-0.25, -0.2) is 4.39 Å². The number of hydrogen-bond acceptors (Lipinski definition) is 4. The second kappa shape index (κ2) is 6.74. The zero-order valence-electron chi connectivity index (χ0n) is 14.7. The van der Waals surface area contributed by atoms with Crippen LogP contribution in [-0.2, 0) is 21.4 Å². The minimum Gasteiger partial charge on any atom is -0.381 e. The van der Waals surface area contributed by atoms with Crippen molar-refractivity contribution in [3.8, 4) is 0 Å². The quantitative estimate of drug-likeness (QED) is 0.613. The Bertz CT molecular complexity index is 891. The van der Waals surface area contributed by atoms with Crippen molar-refractivity contribution in [3.05, 3.63) is 69.5 Å². The minimum atomic E-state index is -0.807. The third-order valence-electron chi connectivity index (χ3n) is 5.57. The van der Waals surface area contributed by atoms with Crippen LogP contribution in [0.5, 0.6) is 0 Å². The van der Waals surface area contributed by atoms with Crippen molar-refractivity contribution in [1.29, 1.82) is 0 Å². The van der Waals surface area contributed by atoms with E-state index < -0.39 is 10.3 Å². The number of amides is 1. The van der Waals surface area contributed by atoms with Crippen LogP contribution in [0.4, 0.5) is 15.8 Å². The molecule has 2 aromatic carbocycles. The molecule has 2 aromatic rings. The van der Waals surface area contributed by atoms with Crippen LogP contribution in [0.3, 0.4) is 0 Å². The predicted octanol–water partition coefficient (Wildman–Crippen LogP) is 3.37. The molecule has 0 saturated carbocycles. The highest BCUT2D eigenvalue weighted by atomic mass is 19.1. The van der Waals surface area contributed by atoms with Crippen LogP contribution in [0.25, 0.3) is 0 Å². The van der Waals surface area contributed by atoms with Gasteiger partial charge in [0, 0.05) is 31.9 Å². The Morgan fingerprint density at radius 3 is 2.52 bits per heavy atom. The lowest BCUT2D eigenvalue weighted by atomic mass is 9.73. The number of hydrogen-bond donors (Lipinski definition) is 0. The third-order valence-corrected chi connectivity index (χ3v) is 5.57. The number of anilines is 1. The second-order valence-corrected chi connectivity index (χ2v) is 6.98. The molecule has 1 saturated heterocycles. The lowest BCUT2D eigenvalue weighted by Crippen LogP contribution is -2.49. The number of nitro groups is 1. The van der Waals surface area contributed by atoms with Crippen LogP contribution in [0, 0.1) is 15.9 Å². The molecule has 0 N–H and O–H groups in total. The van der Waals surface area contributed by atoms with E-state index in [9.17, 15) is 19.3 Å². The lowest BCUT2D eigenvalue weighted by molar-refractivity contribution is -0.384. The molecule has 0 atom stereocenters. The summed E-state index contributed by atoms with van der Waals surface area (Å²) >= 11 is 0. The van der Waals surface area contributed by atoms with Crippen molar-refractivity contribution in [2.24, 2.45) is 0 Å². The molecule has 2 aliphatic heterocycles. The van der Waals surface area contributed by atoms with E-state index in [1.54, 1.807) is 23.1 Å². The van der Waals surface area contributed by atoms with Gasteiger partial charge in [-0.05, 0) is 42.5 Å². The van der Waals surface area contributed by atoms with E-state index in [0.29, 0.717) is 44.7 Å². The highest BCUT2D eigenvalue weighted by Gasteiger charge is 2.45. The third kappa shape index (κ3) is 2.98. The Labute approximate surface area is 155 Å². The lowest BCUT2D eigenvalue weighted by Gasteiger charge is -2.39. The zero-order valence-corrected chi connectivity index (χ0v) is 14.7. The molecular weight excluding hydrogens is 351 g/mol. The molecule has 27 heavy (non-hydrogen) atoms. The van der Waals surface area contributed by atoms with E-state index in [2.05, 4.69) is 0 Å². The number of benzene rings is 2. The standard InChI is InChI=1S/C20H19FN2O4/c21-16-4-2-15(3-5-16)20(8-11-27-12-9-20)19(24)22-10-7-14-1-6-17(23(25)26)13-18(14)22/h1-6,13H,7-12H2. The number of nitrogens with zero attached hydrogens (tertiary/aromatic N) is 2. The monoisotopic (exact) mass is 370 g/mol. The normalized spacial score (nSPS) is 18.2. The highest BCUT2D eigenvalue weighted by Crippen LogP contribution is 2.41. The van der Waals surface area contributed by atoms with Crippen LogP contribution in [0.1, 0.15) is 24.0 Å². The summed E-state index contributed by atoms with van der Waals surface area (Å²) in [6.45, 7) is 1.37. The molecule has 1 fully saturated rings. The van der Waals surface area contributed by atoms with Crippen LogP contribution < -0.4 is 4.90 Å². The molecule has 0 aliphatic carbocycles. The molecule has 2 aliphatic rings. The van der Waals surface area contributed by atoms with Crippen molar-refractivity contribution >= 4 is 17.3 Å². The number of ether oxygens (including phenoxy) is 1. The van der Waals surface area contributed by atoms with Gasteiger partial charge in [0.1, 0.15) is 5.82 Å². The Morgan fingerprint density at radius 1 is 1.15 bits per heavy atom. The van der Waals surface area contributed by atoms with Crippen LogP contribution in [-0.4, -0.2) is 30.6 Å². The second-order valence-electron chi connectivity index (χ2n) is 6.98. The van der Waals surface area contributed by atoms with Crippen LogP contribution >= 0.6 is 0 Å². The summed E-state index contributed by atoms with van der Waals surface area (Å²) in [5.41, 5.74) is 1.45. The van der Waals surface area contributed by atoms with E-state index in [-0.39, 0.29) is 17.4 Å². The SMILES string of the molecule is O=C(N1CCc2ccc([N+](=O)[O-])cc21)C1(c2ccc(F)cc2)CCOCC1. The summed E-state index contributed by atoms with van der Waals surface area (Å²) in [4.78, 5) is 26.0. The van der Waals surface area contributed by atoms with Gasteiger partial charge in [-0.1, -0.05) is 18.2 Å². The molecule has 0 radical (unpaired) electrons. The largest absolute Gasteiger partial charge is 0.381 e. The molecule has 4 rings (SSSR count). The van der Waals surface area contributed by atoms with Gasteiger partial charge in [0.25, 0.3) is 5.69 Å². The fourth-order valence-corrected chi connectivity index (χ4v) is 4.07. The van der Waals surface area contributed by atoms with E-state index in [0.717, 1.165) is 11.1 Å². The zero-order chi connectivity index (χ0) is 19.0. The van der Waals surface area contributed by atoms with Crippen molar-refractivity contribution in [2.45, 2.75) is 24.7 Å². The average molecular weight is 370 g/mol. The van der Waals surface area contributed by atoms with Crippen molar-refractivity contribution in [1.82, 2.24) is 0 Å². The molecule has 0 aromatic heterocycles. The predicted molar refractivity (Wildman–Crippen MR) is 97.3 cm³/mol. The van der Waals surface area contributed by atoms with Gasteiger partial charge >= 0.3 is 0 Å². The van der Waals surface area contributed by atoms with E-state index in [4.69, 9.17) is 4.74 Å². The molecule has 7 heteroatoms. The molecule has 2 heterocycles.